The van der Waals surface area contributed by atoms with E-state index < -0.39 is 23.4 Å². The van der Waals surface area contributed by atoms with Gasteiger partial charge < -0.3 is 9.84 Å². The molecule has 1 aromatic carbocycles. The molecule has 2 aromatic rings. The lowest BCUT2D eigenvalue weighted by Gasteiger charge is -2.07. The number of halogens is 3. The van der Waals surface area contributed by atoms with Crippen molar-refractivity contribution < 1.29 is 22.5 Å². The van der Waals surface area contributed by atoms with Crippen LogP contribution >= 0.6 is 0 Å². The van der Waals surface area contributed by atoms with Gasteiger partial charge in [0.15, 0.2) is 0 Å². The van der Waals surface area contributed by atoms with Crippen molar-refractivity contribution in [3.63, 3.8) is 0 Å². The highest BCUT2D eigenvalue weighted by molar-refractivity contribution is 6.05. The molecule has 8 heteroatoms. The number of hydrogen-bond donors (Lipinski definition) is 1. The molecule has 0 aliphatic heterocycles. The largest absolute Gasteiger partial charge is 0.453 e. The molecule has 0 unspecified atom stereocenters. The smallest absolute Gasteiger partial charge is 0.351 e. The molecule has 0 fully saturated rings. The van der Waals surface area contributed by atoms with Crippen LogP contribution in [-0.4, -0.2) is 11.1 Å². The fourth-order valence-electron chi connectivity index (χ4n) is 1.69. The maximum absolute atomic E-state index is 12.7. The second-order valence-electron chi connectivity index (χ2n) is 4.12. The third-order valence-corrected chi connectivity index (χ3v) is 2.60. The molecule has 21 heavy (non-hydrogen) atoms. The third-order valence-electron chi connectivity index (χ3n) is 2.60. The first-order chi connectivity index (χ1) is 9.82. The minimum atomic E-state index is -4.82. The Balaban J connectivity index is 2.33. The van der Waals surface area contributed by atoms with Gasteiger partial charge in [0.05, 0.1) is 17.3 Å². The number of carbonyl (C=O) groups is 1. The number of nitrogens with zero attached hydrogens (tertiary/aromatic N) is 2. The SMILES string of the molecule is Cc1noc(C(F)(F)F)c1C(=O)Nc1cccc(C#N)c1. The Hall–Kier alpha value is -2.82. The number of hydrogen-bond acceptors (Lipinski definition) is 4. The van der Waals surface area contributed by atoms with E-state index in [2.05, 4.69) is 15.0 Å². The van der Waals surface area contributed by atoms with Gasteiger partial charge in [0.2, 0.25) is 0 Å². The zero-order valence-electron chi connectivity index (χ0n) is 10.7. The second-order valence-corrected chi connectivity index (χ2v) is 4.12. The summed E-state index contributed by atoms with van der Waals surface area (Å²) in [6.07, 6.45) is -4.82. The molecule has 0 aliphatic rings. The van der Waals surface area contributed by atoms with Crippen molar-refractivity contribution in [1.29, 1.82) is 5.26 Å². The molecule has 1 N–H and O–H groups in total. The lowest BCUT2D eigenvalue weighted by molar-refractivity contribution is -0.155. The van der Waals surface area contributed by atoms with Crippen molar-refractivity contribution in [2.45, 2.75) is 13.1 Å². The zero-order chi connectivity index (χ0) is 15.6. The molecule has 1 aromatic heterocycles. The van der Waals surface area contributed by atoms with Gasteiger partial charge in [0.1, 0.15) is 5.56 Å². The minimum absolute atomic E-state index is 0.170. The summed E-state index contributed by atoms with van der Waals surface area (Å²) >= 11 is 0. The monoisotopic (exact) mass is 295 g/mol. The number of nitrogens with one attached hydrogen (secondary N) is 1. The maximum Gasteiger partial charge on any atom is 0.453 e. The van der Waals surface area contributed by atoms with Gasteiger partial charge >= 0.3 is 6.18 Å². The van der Waals surface area contributed by atoms with E-state index in [1.165, 1.54) is 31.2 Å². The van der Waals surface area contributed by atoms with Crippen LogP contribution in [0.2, 0.25) is 0 Å². The van der Waals surface area contributed by atoms with E-state index in [9.17, 15) is 18.0 Å². The molecule has 0 saturated carbocycles. The molecule has 1 amide bonds. The van der Waals surface area contributed by atoms with Crippen molar-refractivity contribution in [2.24, 2.45) is 0 Å². The minimum Gasteiger partial charge on any atom is -0.351 e. The first kappa shape index (κ1) is 14.6. The Morgan fingerprint density at radius 2 is 2.14 bits per heavy atom. The summed E-state index contributed by atoms with van der Waals surface area (Å²) in [5, 5.41) is 14.2. The van der Waals surface area contributed by atoms with Crippen LogP contribution in [0.3, 0.4) is 0 Å². The lowest BCUT2D eigenvalue weighted by atomic mass is 10.1. The number of alkyl halides is 3. The van der Waals surface area contributed by atoms with Crippen LogP contribution in [0.1, 0.15) is 27.4 Å². The van der Waals surface area contributed by atoms with Crippen molar-refractivity contribution in [3.8, 4) is 6.07 Å². The van der Waals surface area contributed by atoms with Gasteiger partial charge in [-0.3, -0.25) is 4.79 Å². The summed E-state index contributed by atoms with van der Waals surface area (Å²) in [6, 6.07) is 7.66. The standard InChI is InChI=1S/C13H8F3N3O2/c1-7-10(11(21-19-7)13(14,15)16)12(20)18-9-4-2-3-8(5-9)6-17/h2-5H,1H3,(H,18,20). The molecule has 0 aliphatic carbocycles. The topological polar surface area (TPSA) is 78.9 Å². The second kappa shape index (κ2) is 5.28. The number of nitriles is 1. The van der Waals surface area contributed by atoms with Gasteiger partial charge in [-0.15, -0.1) is 0 Å². The van der Waals surface area contributed by atoms with Crippen molar-refractivity contribution in [2.75, 3.05) is 5.32 Å². The number of carbonyl (C=O) groups excluding carboxylic acids is 1. The molecular weight excluding hydrogens is 287 g/mol. The highest BCUT2D eigenvalue weighted by Crippen LogP contribution is 2.33. The predicted octanol–water partition coefficient (Wildman–Crippen LogP) is 3.13. The van der Waals surface area contributed by atoms with Gasteiger partial charge in [0, 0.05) is 5.69 Å². The number of benzene rings is 1. The van der Waals surface area contributed by atoms with E-state index >= 15 is 0 Å². The Labute approximate surface area is 117 Å². The van der Waals surface area contributed by atoms with E-state index in [0.717, 1.165) is 0 Å². The Morgan fingerprint density at radius 1 is 1.43 bits per heavy atom. The van der Waals surface area contributed by atoms with Crippen molar-refractivity contribution in [3.05, 3.63) is 46.8 Å². The van der Waals surface area contributed by atoms with Crippen LogP contribution < -0.4 is 5.32 Å². The molecule has 108 valence electrons. The van der Waals surface area contributed by atoms with Crippen LogP contribution in [0.15, 0.2) is 28.8 Å². The van der Waals surface area contributed by atoms with Crippen LogP contribution in [0.25, 0.3) is 0 Å². The lowest BCUT2D eigenvalue weighted by Crippen LogP contribution is -2.18. The summed E-state index contributed by atoms with van der Waals surface area (Å²) in [7, 11) is 0. The molecule has 2 rings (SSSR count). The van der Waals surface area contributed by atoms with E-state index in [1.807, 2.05) is 6.07 Å². The van der Waals surface area contributed by atoms with E-state index in [1.54, 1.807) is 0 Å². The summed E-state index contributed by atoms with van der Waals surface area (Å²) in [4.78, 5) is 12.0. The average molecular weight is 295 g/mol. The van der Waals surface area contributed by atoms with Crippen LogP contribution in [0.4, 0.5) is 18.9 Å². The number of anilines is 1. The number of amides is 1. The average Bonchev–Trinajstić information content (AvgIpc) is 2.81. The summed E-state index contributed by atoms with van der Waals surface area (Å²) in [5.74, 6) is -2.45. The number of aromatic nitrogens is 1. The van der Waals surface area contributed by atoms with Crippen LogP contribution in [-0.2, 0) is 6.18 Å². The van der Waals surface area contributed by atoms with Gasteiger partial charge in [0.25, 0.3) is 11.7 Å². The van der Waals surface area contributed by atoms with E-state index in [-0.39, 0.29) is 16.9 Å². The molecule has 0 spiro atoms. The van der Waals surface area contributed by atoms with Gasteiger partial charge in [-0.1, -0.05) is 11.2 Å². The van der Waals surface area contributed by atoms with Crippen LogP contribution in [0.5, 0.6) is 0 Å². The quantitative estimate of drug-likeness (QED) is 0.923. The van der Waals surface area contributed by atoms with Crippen molar-refractivity contribution in [1.82, 2.24) is 5.16 Å². The van der Waals surface area contributed by atoms with Gasteiger partial charge in [-0.2, -0.15) is 18.4 Å². The van der Waals surface area contributed by atoms with Crippen LogP contribution in [0, 0.1) is 18.3 Å². The molecule has 0 radical (unpaired) electrons. The fourth-order valence-corrected chi connectivity index (χ4v) is 1.69. The number of aryl methyl sites for hydroxylation is 1. The zero-order valence-corrected chi connectivity index (χ0v) is 10.7. The summed E-state index contributed by atoms with van der Waals surface area (Å²) in [6.45, 7) is 1.24. The molecular formula is C13H8F3N3O2. The Kier molecular flexibility index (Phi) is 3.67. The van der Waals surface area contributed by atoms with E-state index in [4.69, 9.17) is 5.26 Å². The van der Waals surface area contributed by atoms with Crippen molar-refractivity contribution >= 4 is 11.6 Å². The normalized spacial score (nSPS) is 11.0. The summed E-state index contributed by atoms with van der Waals surface area (Å²) < 4.78 is 42.3. The Morgan fingerprint density at radius 3 is 2.76 bits per heavy atom. The molecule has 5 nitrogen and oxygen atoms in total. The van der Waals surface area contributed by atoms with Gasteiger partial charge in [-0.25, -0.2) is 0 Å². The highest BCUT2D eigenvalue weighted by atomic mass is 19.4. The molecule has 0 saturated heterocycles. The van der Waals surface area contributed by atoms with Gasteiger partial charge in [-0.05, 0) is 25.1 Å². The maximum atomic E-state index is 12.7. The first-order valence-electron chi connectivity index (χ1n) is 5.68. The fraction of sp³-hybridized carbons (Fsp3) is 0.154. The molecule has 0 atom stereocenters. The third kappa shape index (κ3) is 3.02. The number of rotatable bonds is 2. The highest BCUT2D eigenvalue weighted by Gasteiger charge is 2.41. The molecule has 0 bridgehead atoms. The summed E-state index contributed by atoms with van der Waals surface area (Å²) in [5.41, 5.74) is -0.375. The first-order valence-corrected chi connectivity index (χ1v) is 5.68. The Bertz CT molecular complexity index is 729. The predicted molar refractivity (Wildman–Crippen MR) is 65.4 cm³/mol. The molecule has 1 heterocycles. The van der Waals surface area contributed by atoms with E-state index in [0.29, 0.717) is 0 Å².